The smallest absolute Gasteiger partial charge is 0.138 e. The molecule has 5 heteroatoms. The highest BCUT2D eigenvalue weighted by molar-refractivity contribution is 7.84. The van der Waals surface area contributed by atoms with Crippen molar-refractivity contribution in [3.8, 4) is 5.75 Å². The van der Waals surface area contributed by atoms with Gasteiger partial charge in [-0.3, -0.25) is 15.7 Å². The Morgan fingerprint density at radius 3 is 2.38 bits per heavy atom. The van der Waals surface area contributed by atoms with E-state index in [1.165, 1.54) is 4.90 Å². The Hall–Kier alpha value is -1.75. The van der Waals surface area contributed by atoms with Crippen LogP contribution in [-0.2, 0) is 0 Å². The Kier molecular flexibility index (Phi) is 4.13. The first-order valence-electron chi connectivity index (χ1n) is 4.50. The summed E-state index contributed by atoms with van der Waals surface area (Å²) in [5, 5.41) is 15.4. The van der Waals surface area contributed by atoms with E-state index in [0.717, 1.165) is 12.1 Å². The molecule has 0 amide bonds. The number of hydrogen-bond acceptors (Lipinski definition) is 4. The minimum Gasteiger partial charge on any atom is -0.497 e. The predicted molar refractivity (Wildman–Crippen MR) is 68.6 cm³/mol. The molecule has 0 aromatic heterocycles. The SMILES string of the molecule is C=C(S)N(C=N)C(=N)c1ccc(OC)cc1. The van der Waals surface area contributed by atoms with E-state index < -0.39 is 0 Å². The summed E-state index contributed by atoms with van der Waals surface area (Å²) in [6.07, 6.45) is 1.00. The molecule has 4 nitrogen and oxygen atoms in total. The van der Waals surface area contributed by atoms with Crippen LogP contribution in [0.3, 0.4) is 0 Å². The number of nitrogens with one attached hydrogen (secondary N) is 2. The Balaban J connectivity index is 2.95. The number of amidine groups is 1. The molecule has 1 aromatic rings. The lowest BCUT2D eigenvalue weighted by Gasteiger charge is -2.18. The molecule has 84 valence electrons. The minimum absolute atomic E-state index is 0.151. The summed E-state index contributed by atoms with van der Waals surface area (Å²) < 4.78 is 5.02. The molecule has 0 saturated heterocycles. The average Bonchev–Trinajstić information content (AvgIpc) is 2.29. The van der Waals surface area contributed by atoms with Crippen LogP contribution in [0, 0.1) is 10.8 Å². The summed E-state index contributed by atoms with van der Waals surface area (Å²) in [7, 11) is 1.58. The molecule has 0 unspecified atom stereocenters. The molecule has 0 aliphatic carbocycles. The van der Waals surface area contributed by atoms with Gasteiger partial charge in [-0.25, -0.2) is 0 Å². The Morgan fingerprint density at radius 2 is 2.00 bits per heavy atom. The van der Waals surface area contributed by atoms with Crippen molar-refractivity contribution < 1.29 is 4.74 Å². The van der Waals surface area contributed by atoms with Gasteiger partial charge in [0, 0.05) is 5.56 Å². The van der Waals surface area contributed by atoms with Gasteiger partial charge in [0.2, 0.25) is 0 Å². The summed E-state index contributed by atoms with van der Waals surface area (Å²) in [4.78, 5) is 1.27. The van der Waals surface area contributed by atoms with Crippen LogP contribution in [0.2, 0.25) is 0 Å². The maximum Gasteiger partial charge on any atom is 0.138 e. The van der Waals surface area contributed by atoms with Gasteiger partial charge < -0.3 is 4.74 Å². The van der Waals surface area contributed by atoms with Crippen molar-refractivity contribution in [1.29, 1.82) is 10.8 Å². The third-order valence-corrected chi connectivity index (χ3v) is 2.23. The maximum absolute atomic E-state index is 7.87. The summed E-state index contributed by atoms with van der Waals surface area (Å²) >= 11 is 4.02. The van der Waals surface area contributed by atoms with Gasteiger partial charge >= 0.3 is 0 Å². The van der Waals surface area contributed by atoms with Crippen LogP contribution >= 0.6 is 12.6 Å². The Morgan fingerprint density at radius 1 is 1.44 bits per heavy atom. The third-order valence-electron chi connectivity index (χ3n) is 2.01. The van der Waals surface area contributed by atoms with Crippen molar-refractivity contribution in [1.82, 2.24) is 4.90 Å². The quantitative estimate of drug-likeness (QED) is 0.426. The standard InChI is InChI=1S/C11H13N3OS/c1-8(16)14(7-12)11(13)9-3-5-10(15-2)6-4-9/h3-7,12-13,16H,1H2,2H3. The van der Waals surface area contributed by atoms with Gasteiger partial charge in [-0.15, -0.1) is 12.6 Å². The van der Waals surface area contributed by atoms with Gasteiger partial charge in [-0.05, 0) is 24.3 Å². The highest BCUT2D eigenvalue weighted by Gasteiger charge is 2.10. The number of methoxy groups -OCH3 is 1. The molecule has 0 aliphatic heterocycles. The number of nitrogens with zero attached hydrogens (tertiary/aromatic N) is 1. The number of thiol groups is 1. The lowest BCUT2D eigenvalue weighted by molar-refractivity contribution is 0.415. The molecule has 0 radical (unpaired) electrons. The molecular weight excluding hydrogens is 222 g/mol. The van der Waals surface area contributed by atoms with E-state index in [1.807, 2.05) is 0 Å². The van der Waals surface area contributed by atoms with Crippen LogP contribution in [0.4, 0.5) is 0 Å². The van der Waals surface area contributed by atoms with E-state index >= 15 is 0 Å². The number of ether oxygens (including phenoxy) is 1. The molecule has 1 rings (SSSR count). The zero-order valence-corrected chi connectivity index (χ0v) is 9.79. The van der Waals surface area contributed by atoms with E-state index in [4.69, 9.17) is 15.6 Å². The highest BCUT2D eigenvalue weighted by atomic mass is 32.1. The van der Waals surface area contributed by atoms with Crippen LogP contribution in [-0.4, -0.2) is 24.2 Å². The molecule has 16 heavy (non-hydrogen) atoms. The topological polar surface area (TPSA) is 60.2 Å². The fraction of sp³-hybridized carbons (Fsp3) is 0.0909. The molecule has 0 saturated carbocycles. The van der Waals surface area contributed by atoms with Crippen LogP contribution < -0.4 is 4.74 Å². The van der Waals surface area contributed by atoms with Crippen molar-refractivity contribution in [3.63, 3.8) is 0 Å². The Labute approximate surface area is 100.0 Å². The van der Waals surface area contributed by atoms with Crippen LogP contribution in [0.15, 0.2) is 35.9 Å². The van der Waals surface area contributed by atoms with Gasteiger partial charge in [-0.2, -0.15) is 0 Å². The Bertz CT molecular complexity index is 414. The first kappa shape index (κ1) is 12.3. The molecule has 0 fully saturated rings. The minimum atomic E-state index is 0.151. The molecule has 0 aliphatic rings. The van der Waals surface area contributed by atoms with Gasteiger partial charge in [0.05, 0.1) is 18.5 Å². The van der Waals surface area contributed by atoms with Gasteiger partial charge in [0.15, 0.2) is 0 Å². The van der Waals surface area contributed by atoms with Gasteiger partial charge in [0.1, 0.15) is 11.6 Å². The largest absolute Gasteiger partial charge is 0.497 e. The van der Waals surface area contributed by atoms with E-state index in [2.05, 4.69) is 19.2 Å². The first-order valence-corrected chi connectivity index (χ1v) is 4.95. The summed E-state index contributed by atoms with van der Waals surface area (Å²) in [6.45, 7) is 3.58. The van der Waals surface area contributed by atoms with Crippen LogP contribution in [0.1, 0.15) is 5.56 Å². The number of benzene rings is 1. The molecule has 2 N–H and O–H groups in total. The van der Waals surface area contributed by atoms with E-state index in [0.29, 0.717) is 10.6 Å². The second kappa shape index (κ2) is 5.37. The number of rotatable bonds is 4. The lowest BCUT2D eigenvalue weighted by atomic mass is 10.2. The normalized spacial score (nSPS) is 9.38. The number of hydrogen-bond donors (Lipinski definition) is 3. The van der Waals surface area contributed by atoms with Crippen LogP contribution in [0.25, 0.3) is 0 Å². The second-order valence-electron chi connectivity index (χ2n) is 2.99. The van der Waals surface area contributed by atoms with Crippen molar-refractivity contribution in [2.45, 2.75) is 0 Å². The van der Waals surface area contributed by atoms with Crippen molar-refractivity contribution in [3.05, 3.63) is 41.4 Å². The summed E-state index contributed by atoms with van der Waals surface area (Å²) in [5.74, 6) is 0.875. The molecule has 0 spiro atoms. The molecule has 0 heterocycles. The maximum atomic E-state index is 7.87. The summed E-state index contributed by atoms with van der Waals surface area (Å²) in [6, 6.07) is 7.00. The monoisotopic (exact) mass is 235 g/mol. The highest BCUT2D eigenvalue weighted by Crippen LogP contribution is 2.15. The third kappa shape index (κ3) is 2.64. The molecule has 0 bridgehead atoms. The van der Waals surface area contributed by atoms with Crippen molar-refractivity contribution in [2.24, 2.45) is 0 Å². The van der Waals surface area contributed by atoms with E-state index in [9.17, 15) is 0 Å². The molecule has 0 atom stereocenters. The van der Waals surface area contributed by atoms with Crippen molar-refractivity contribution in [2.75, 3.05) is 7.11 Å². The zero-order chi connectivity index (χ0) is 12.1. The van der Waals surface area contributed by atoms with Crippen molar-refractivity contribution >= 4 is 24.8 Å². The second-order valence-corrected chi connectivity index (χ2v) is 3.51. The van der Waals surface area contributed by atoms with E-state index in [1.54, 1.807) is 31.4 Å². The summed E-state index contributed by atoms with van der Waals surface area (Å²) in [5.41, 5.74) is 0.666. The fourth-order valence-corrected chi connectivity index (χ4v) is 1.31. The van der Waals surface area contributed by atoms with Gasteiger partial charge in [0.25, 0.3) is 0 Å². The molecule has 1 aromatic carbocycles. The molecular formula is C11H13N3OS. The predicted octanol–water partition coefficient (Wildman–Crippen LogP) is 2.33. The first-order chi connectivity index (χ1) is 7.60. The van der Waals surface area contributed by atoms with E-state index in [-0.39, 0.29) is 5.84 Å². The average molecular weight is 235 g/mol. The fourth-order valence-electron chi connectivity index (χ4n) is 1.16. The van der Waals surface area contributed by atoms with Crippen LogP contribution in [0.5, 0.6) is 5.75 Å². The van der Waals surface area contributed by atoms with Gasteiger partial charge in [-0.1, -0.05) is 6.58 Å². The zero-order valence-electron chi connectivity index (χ0n) is 8.90. The lowest BCUT2D eigenvalue weighted by Crippen LogP contribution is -2.26.